The van der Waals surface area contributed by atoms with Gasteiger partial charge < -0.3 is 9.80 Å². The van der Waals surface area contributed by atoms with Crippen molar-refractivity contribution in [3.63, 3.8) is 0 Å². The Balaban J connectivity index is 1.41. The van der Waals surface area contributed by atoms with Crippen molar-refractivity contribution in [2.45, 2.75) is 13.8 Å². The summed E-state index contributed by atoms with van der Waals surface area (Å²) in [5.41, 5.74) is 2.46. The van der Waals surface area contributed by atoms with Crippen LogP contribution in [0.3, 0.4) is 0 Å². The number of aromatic nitrogens is 5. The molecule has 3 aromatic heterocycles. The molecule has 1 aliphatic heterocycles. The highest BCUT2D eigenvalue weighted by Crippen LogP contribution is 2.16. The second-order valence-corrected chi connectivity index (χ2v) is 6.58. The van der Waals surface area contributed by atoms with Gasteiger partial charge in [-0.1, -0.05) is 6.07 Å². The number of aryl methyl sites for hydroxylation is 2. The Morgan fingerprint density at radius 2 is 1.70 bits per heavy atom. The molecule has 0 spiro atoms. The van der Waals surface area contributed by atoms with E-state index < -0.39 is 0 Å². The molecule has 0 aromatic carbocycles. The molecule has 0 aliphatic carbocycles. The zero-order chi connectivity index (χ0) is 18.8. The molecule has 8 heteroatoms. The predicted molar refractivity (Wildman–Crippen MR) is 101 cm³/mol. The molecule has 3 aromatic rings. The normalized spacial score (nSPS) is 14.4. The summed E-state index contributed by atoms with van der Waals surface area (Å²) in [4.78, 5) is 20.6. The van der Waals surface area contributed by atoms with Gasteiger partial charge in [0.25, 0.3) is 5.91 Å². The standard InChI is InChI=1S/C19H21N7O/c1-14-13-15(2)26(23-14)18-7-6-17(21-22-18)24-9-11-25(12-10-24)19(27)16-5-3-4-8-20-16/h3-8,13H,9-12H2,1-2H3. The van der Waals surface area contributed by atoms with E-state index >= 15 is 0 Å². The highest BCUT2D eigenvalue weighted by molar-refractivity contribution is 5.92. The quantitative estimate of drug-likeness (QED) is 0.704. The first kappa shape index (κ1) is 17.1. The number of anilines is 1. The van der Waals surface area contributed by atoms with E-state index in [1.54, 1.807) is 16.9 Å². The summed E-state index contributed by atoms with van der Waals surface area (Å²) in [7, 11) is 0. The maximum absolute atomic E-state index is 12.5. The van der Waals surface area contributed by atoms with Crippen molar-refractivity contribution in [3.05, 3.63) is 59.7 Å². The van der Waals surface area contributed by atoms with E-state index in [1.165, 1.54) is 0 Å². The van der Waals surface area contributed by atoms with Gasteiger partial charge >= 0.3 is 0 Å². The SMILES string of the molecule is Cc1cc(C)n(-c2ccc(N3CCN(C(=O)c4ccccn4)CC3)nn2)n1. The van der Waals surface area contributed by atoms with Gasteiger partial charge in [-0.15, -0.1) is 10.2 Å². The van der Waals surface area contributed by atoms with Gasteiger partial charge in [0.1, 0.15) is 5.69 Å². The number of hydrogen-bond donors (Lipinski definition) is 0. The Hall–Kier alpha value is -3.29. The molecule has 138 valence electrons. The van der Waals surface area contributed by atoms with Crippen LogP contribution in [-0.2, 0) is 0 Å². The van der Waals surface area contributed by atoms with Gasteiger partial charge in [0.15, 0.2) is 11.6 Å². The van der Waals surface area contributed by atoms with Gasteiger partial charge in [0.05, 0.1) is 5.69 Å². The Labute approximate surface area is 157 Å². The van der Waals surface area contributed by atoms with Crippen LogP contribution in [-0.4, -0.2) is 61.9 Å². The second kappa shape index (κ2) is 7.14. The summed E-state index contributed by atoms with van der Waals surface area (Å²) in [6, 6.07) is 11.3. The molecule has 27 heavy (non-hydrogen) atoms. The van der Waals surface area contributed by atoms with Crippen molar-refractivity contribution >= 4 is 11.7 Å². The van der Waals surface area contributed by atoms with Gasteiger partial charge in [-0.2, -0.15) is 5.10 Å². The lowest BCUT2D eigenvalue weighted by atomic mass is 10.2. The van der Waals surface area contributed by atoms with E-state index in [0.29, 0.717) is 37.7 Å². The molecule has 0 N–H and O–H groups in total. The summed E-state index contributed by atoms with van der Waals surface area (Å²) >= 11 is 0. The van der Waals surface area contributed by atoms with E-state index in [0.717, 1.165) is 17.2 Å². The van der Waals surface area contributed by atoms with E-state index in [1.807, 2.05) is 49.1 Å². The van der Waals surface area contributed by atoms with Crippen LogP contribution in [0.2, 0.25) is 0 Å². The zero-order valence-electron chi connectivity index (χ0n) is 15.4. The molecule has 0 saturated carbocycles. The van der Waals surface area contributed by atoms with Crippen LogP contribution in [0, 0.1) is 13.8 Å². The van der Waals surface area contributed by atoms with Gasteiger partial charge in [-0.05, 0) is 44.2 Å². The minimum atomic E-state index is -0.0267. The van der Waals surface area contributed by atoms with Gasteiger partial charge in [0.2, 0.25) is 0 Å². The molecule has 1 fully saturated rings. The van der Waals surface area contributed by atoms with Crippen LogP contribution < -0.4 is 4.90 Å². The van der Waals surface area contributed by atoms with Crippen molar-refractivity contribution in [3.8, 4) is 5.82 Å². The average molecular weight is 363 g/mol. The number of carbonyl (C=O) groups excluding carboxylic acids is 1. The van der Waals surface area contributed by atoms with Crippen molar-refractivity contribution in [1.82, 2.24) is 29.9 Å². The van der Waals surface area contributed by atoms with Crippen molar-refractivity contribution < 1.29 is 4.79 Å². The van der Waals surface area contributed by atoms with E-state index in [9.17, 15) is 4.79 Å². The van der Waals surface area contributed by atoms with Gasteiger partial charge in [-0.3, -0.25) is 9.78 Å². The summed E-state index contributed by atoms with van der Waals surface area (Å²) in [6.45, 7) is 6.65. The summed E-state index contributed by atoms with van der Waals surface area (Å²) in [5, 5.41) is 13.1. The minimum absolute atomic E-state index is 0.0267. The smallest absolute Gasteiger partial charge is 0.272 e. The number of rotatable bonds is 3. The molecular weight excluding hydrogens is 342 g/mol. The van der Waals surface area contributed by atoms with Crippen LogP contribution in [0.1, 0.15) is 21.9 Å². The number of carbonyl (C=O) groups is 1. The van der Waals surface area contributed by atoms with Crippen molar-refractivity contribution in [1.29, 1.82) is 0 Å². The van der Waals surface area contributed by atoms with Crippen LogP contribution in [0.5, 0.6) is 0 Å². The monoisotopic (exact) mass is 363 g/mol. The van der Waals surface area contributed by atoms with E-state index in [2.05, 4.69) is 25.2 Å². The minimum Gasteiger partial charge on any atom is -0.352 e. The lowest BCUT2D eigenvalue weighted by Gasteiger charge is -2.35. The highest BCUT2D eigenvalue weighted by atomic mass is 16.2. The van der Waals surface area contributed by atoms with Crippen molar-refractivity contribution in [2.24, 2.45) is 0 Å². The molecule has 0 unspecified atom stereocenters. The van der Waals surface area contributed by atoms with E-state index in [4.69, 9.17) is 0 Å². The Kier molecular flexibility index (Phi) is 4.53. The molecule has 0 bridgehead atoms. The zero-order valence-corrected chi connectivity index (χ0v) is 15.4. The molecule has 1 amide bonds. The first-order valence-corrected chi connectivity index (χ1v) is 8.94. The lowest BCUT2D eigenvalue weighted by Crippen LogP contribution is -2.49. The summed E-state index contributed by atoms with van der Waals surface area (Å²) in [5.74, 6) is 1.49. The predicted octanol–water partition coefficient (Wildman–Crippen LogP) is 1.64. The largest absolute Gasteiger partial charge is 0.352 e. The molecule has 0 radical (unpaired) electrons. The Morgan fingerprint density at radius 1 is 0.963 bits per heavy atom. The fraction of sp³-hybridized carbons (Fsp3) is 0.316. The lowest BCUT2D eigenvalue weighted by molar-refractivity contribution is 0.0740. The summed E-state index contributed by atoms with van der Waals surface area (Å²) < 4.78 is 1.79. The fourth-order valence-electron chi connectivity index (χ4n) is 3.25. The number of nitrogens with zero attached hydrogens (tertiary/aromatic N) is 7. The maximum Gasteiger partial charge on any atom is 0.272 e. The first-order chi connectivity index (χ1) is 13.1. The first-order valence-electron chi connectivity index (χ1n) is 8.94. The van der Waals surface area contributed by atoms with Crippen molar-refractivity contribution in [2.75, 3.05) is 31.1 Å². The topological polar surface area (TPSA) is 80.0 Å². The Bertz CT molecular complexity index is 928. The Morgan fingerprint density at radius 3 is 2.30 bits per heavy atom. The van der Waals surface area contributed by atoms with Crippen LogP contribution >= 0.6 is 0 Å². The molecule has 4 rings (SSSR count). The number of amides is 1. The summed E-state index contributed by atoms with van der Waals surface area (Å²) in [6.07, 6.45) is 1.64. The van der Waals surface area contributed by atoms with Crippen LogP contribution in [0.4, 0.5) is 5.82 Å². The average Bonchev–Trinajstić information content (AvgIpc) is 3.06. The third kappa shape index (κ3) is 3.51. The number of hydrogen-bond acceptors (Lipinski definition) is 6. The fourth-order valence-corrected chi connectivity index (χ4v) is 3.25. The van der Waals surface area contributed by atoms with Crippen LogP contribution in [0.15, 0.2) is 42.6 Å². The van der Waals surface area contributed by atoms with Gasteiger partial charge in [0, 0.05) is 38.1 Å². The molecule has 1 aliphatic rings. The number of pyridine rings is 1. The molecule has 1 saturated heterocycles. The molecule has 4 heterocycles. The van der Waals surface area contributed by atoms with Gasteiger partial charge in [-0.25, -0.2) is 4.68 Å². The maximum atomic E-state index is 12.5. The molecule has 8 nitrogen and oxygen atoms in total. The number of piperazine rings is 1. The third-order valence-corrected chi connectivity index (χ3v) is 4.64. The second-order valence-electron chi connectivity index (χ2n) is 6.58. The van der Waals surface area contributed by atoms with E-state index in [-0.39, 0.29) is 5.91 Å². The molecular formula is C19H21N7O. The third-order valence-electron chi connectivity index (χ3n) is 4.64. The molecule has 0 atom stereocenters. The van der Waals surface area contributed by atoms with Crippen LogP contribution in [0.25, 0.3) is 5.82 Å². The highest BCUT2D eigenvalue weighted by Gasteiger charge is 2.23.